The molecule has 1 amide bonds. The van der Waals surface area contributed by atoms with E-state index in [-0.39, 0.29) is 18.0 Å². The normalized spacial score (nSPS) is 19.4. The Morgan fingerprint density at radius 2 is 2.32 bits per heavy atom. The lowest BCUT2D eigenvalue weighted by Gasteiger charge is -2.12. The lowest BCUT2D eigenvalue weighted by molar-refractivity contribution is 0.0933. The summed E-state index contributed by atoms with van der Waals surface area (Å²) in [5.41, 5.74) is 2.24. The number of carbonyl (C=O) groups excluding carboxylic acids is 1. The largest absolute Gasteiger partial charge is 0.383 e. The lowest BCUT2D eigenvalue weighted by Crippen LogP contribution is -2.36. The third-order valence-electron chi connectivity index (χ3n) is 4.11. The van der Waals surface area contributed by atoms with Gasteiger partial charge in [0.2, 0.25) is 0 Å². The third-order valence-corrected chi connectivity index (χ3v) is 4.11. The van der Waals surface area contributed by atoms with Crippen molar-refractivity contribution in [2.45, 2.75) is 18.5 Å². The second kappa shape index (κ2) is 7.83. The van der Waals surface area contributed by atoms with Crippen LogP contribution in [0, 0.1) is 11.3 Å². The first-order valence-corrected chi connectivity index (χ1v) is 8.05. The number of nitriles is 1. The Morgan fingerprint density at radius 3 is 3.12 bits per heavy atom. The number of rotatable bonds is 5. The van der Waals surface area contributed by atoms with Crippen molar-refractivity contribution in [2.24, 2.45) is 0 Å². The summed E-state index contributed by atoms with van der Waals surface area (Å²) >= 11 is 0. The highest BCUT2D eigenvalue weighted by Gasteiger charge is 2.25. The van der Waals surface area contributed by atoms with Crippen molar-refractivity contribution >= 4 is 5.91 Å². The maximum atomic E-state index is 12.5. The Hall–Kier alpha value is -2.82. The van der Waals surface area contributed by atoms with Crippen LogP contribution in [0.5, 0.6) is 0 Å². The number of nitrogens with zero attached hydrogens (tertiary/aromatic N) is 3. The zero-order valence-corrected chi connectivity index (χ0v) is 13.9. The maximum Gasteiger partial charge on any atom is 0.270 e. The molecule has 0 unspecified atom stereocenters. The molecule has 2 heterocycles. The van der Waals surface area contributed by atoms with Crippen molar-refractivity contribution in [3.05, 3.63) is 47.9 Å². The van der Waals surface area contributed by atoms with Crippen molar-refractivity contribution in [1.82, 2.24) is 20.6 Å². The predicted octanol–water partition coefficient (Wildman–Crippen LogP) is 1.12. The fourth-order valence-electron chi connectivity index (χ4n) is 2.90. The van der Waals surface area contributed by atoms with Crippen molar-refractivity contribution in [1.29, 1.82) is 5.26 Å². The second-order valence-corrected chi connectivity index (χ2v) is 5.95. The SMILES string of the molecule is COC[C@@H]1C[C@@H](NC(=O)c2cc(-c3cccc(C#N)c3)ncn2)CN1. The van der Waals surface area contributed by atoms with Crippen LogP contribution in [-0.2, 0) is 4.74 Å². The van der Waals surface area contributed by atoms with Gasteiger partial charge in [-0.05, 0) is 24.6 Å². The third kappa shape index (κ3) is 4.18. The fraction of sp³-hybridized carbons (Fsp3) is 0.333. The summed E-state index contributed by atoms with van der Waals surface area (Å²) < 4.78 is 5.13. The number of amides is 1. The highest BCUT2D eigenvalue weighted by Crippen LogP contribution is 2.18. The van der Waals surface area contributed by atoms with Crippen molar-refractivity contribution in [3.63, 3.8) is 0 Å². The van der Waals surface area contributed by atoms with Crippen LogP contribution in [0.15, 0.2) is 36.7 Å². The number of methoxy groups -OCH3 is 1. The van der Waals surface area contributed by atoms with Gasteiger partial charge >= 0.3 is 0 Å². The van der Waals surface area contributed by atoms with Gasteiger partial charge in [0.25, 0.3) is 5.91 Å². The molecule has 0 saturated carbocycles. The summed E-state index contributed by atoms with van der Waals surface area (Å²) in [5, 5.41) is 15.3. The molecule has 0 radical (unpaired) electrons. The van der Waals surface area contributed by atoms with Gasteiger partial charge in [0.15, 0.2) is 0 Å². The van der Waals surface area contributed by atoms with Gasteiger partial charge in [-0.2, -0.15) is 5.26 Å². The summed E-state index contributed by atoms with van der Waals surface area (Å²) in [7, 11) is 1.66. The van der Waals surface area contributed by atoms with Gasteiger partial charge in [0, 0.05) is 31.3 Å². The van der Waals surface area contributed by atoms with E-state index in [1.54, 1.807) is 31.4 Å². The Bertz CT molecular complexity index is 802. The molecule has 0 spiro atoms. The van der Waals surface area contributed by atoms with Crippen molar-refractivity contribution in [3.8, 4) is 17.3 Å². The van der Waals surface area contributed by atoms with E-state index in [0.717, 1.165) is 12.0 Å². The molecule has 1 aromatic heterocycles. The smallest absolute Gasteiger partial charge is 0.270 e. The zero-order chi connectivity index (χ0) is 17.6. The number of ether oxygens (including phenoxy) is 1. The molecule has 1 saturated heterocycles. The van der Waals surface area contributed by atoms with Crippen LogP contribution in [0.25, 0.3) is 11.3 Å². The van der Waals surface area contributed by atoms with E-state index in [1.165, 1.54) is 6.33 Å². The molecule has 128 valence electrons. The summed E-state index contributed by atoms with van der Waals surface area (Å²) in [6, 6.07) is 11.1. The summed E-state index contributed by atoms with van der Waals surface area (Å²) in [6.45, 7) is 1.33. The van der Waals surface area contributed by atoms with E-state index in [0.29, 0.717) is 30.1 Å². The highest BCUT2D eigenvalue weighted by atomic mass is 16.5. The molecule has 0 bridgehead atoms. The number of hydrogen-bond acceptors (Lipinski definition) is 6. The van der Waals surface area contributed by atoms with Crippen molar-refractivity contribution in [2.75, 3.05) is 20.3 Å². The van der Waals surface area contributed by atoms with Crippen LogP contribution in [0.3, 0.4) is 0 Å². The molecule has 2 atom stereocenters. The van der Waals surface area contributed by atoms with E-state index in [1.807, 2.05) is 6.07 Å². The highest BCUT2D eigenvalue weighted by molar-refractivity contribution is 5.93. The molecule has 0 aliphatic carbocycles. The van der Waals surface area contributed by atoms with Crippen LogP contribution < -0.4 is 10.6 Å². The fourth-order valence-corrected chi connectivity index (χ4v) is 2.90. The first-order valence-electron chi connectivity index (χ1n) is 8.05. The van der Waals surface area contributed by atoms with E-state index >= 15 is 0 Å². The Kier molecular flexibility index (Phi) is 5.33. The van der Waals surface area contributed by atoms with Gasteiger partial charge < -0.3 is 15.4 Å². The number of hydrogen-bond donors (Lipinski definition) is 2. The average molecular weight is 337 g/mol. The molecule has 1 aliphatic rings. The van der Waals surface area contributed by atoms with Gasteiger partial charge in [-0.1, -0.05) is 12.1 Å². The Labute approximate surface area is 146 Å². The number of aromatic nitrogens is 2. The lowest BCUT2D eigenvalue weighted by atomic mass is 10.1. The molecule has 25 heavy (non-hydrogen) atoms. The van der Waals surface area contributed by atoms with Crippen molar-refractivity contribution < 1.29 is 9.53 Å². The molecule has 2 N–H and O–H groups in total. The molecule has 3 rings (SSSR count). The van der Waals surface area contributed by atoms with Crippen LogP contribution in [0.4, 0.5) is 0 Å². The van der Waals surface area contributed by atoms with Gasteiger partial charge in [-0.3, -0.25) is 4.79 Å². The predicted molar refractivity (Wildman–Crippen MR) is 91.7 cm³/mol. The summed E-state index contributed by atoms with van der Waals surface area (Å²) in [4.78, 5) is 20.7. The second-order valence-electron chi connectivity index (χ2n) is 5.95. The minimum absolute atomic E-state index is 0.0491. The molecule has 1 fully saturated rings. The number of carbonyl (C=O) groups is 1. The first-order chi connectivity index (χ1) is 12.2. The van der Waals surface area contributed by atoms with Gasteiger partial charge in [0.1, 0.15) is 12.0 Å². The van der Waals surface area contributed by atoms with Gasteiger partial charge in [-0.15, -0.1) is 0 Å². The van der Waals surface area contributed by atoms with Crippen LogP contribution >= 0.6 is 0 Å². The average Bonchev–Trinajstić information content (AvgIpc) is 3.09. The van der Waals surface area contributed by atoms with E-state index < -0.39 is 0 Å². The van der Waals surface area contributed by atoms with E-state index in [9.17, 15) is 4.79 Å². The summed E-state index contributed by atoms with van der Waals surface area (Å²) in [6.07, 6.45) is 2.19. The minimum Gasteiger partial charge on any atom is -0.383 e. The van der Waals surface area contributed by atoms with Crippen LogP contribution in [0.2, 0.25) is 0 Å². The van der Waals surface area contributed by atoms with E-state index in [2.05, 4.69) is 26.7 Å². The zero-order valence-electron chi connectivity index (χ0n) is 13.9. The van der Waals surface area contributed by atoms with E-state index in [4.69, 9.17) is 10.00 Å². The minimum atomic E-state index is -0.232. The molecule has 1 aliphatic heterocycles. The Morgan fingerprint density at radius 1 is 1.44 bits per heavy atom. The van der Waals surface area contributed by atoms with Crippen LogP contribution in [-0.4, -0.2) is 48.2 Å². The topological polar surface area (TPSA) is 99.9 Å². The summed E-state index contributed by atoms with van der Waals surface area (Å²) in [5.74, 6) is -0.232. The quantitative estimate of drug-likeness (QED) is 0.848. The molecular weight excluding hydrogens is 318 g/mol. The monoisotopic (exact) mass is 337 g/mol. The molecule has 1 aromatic carbocycles. The number of nitrogens with one attached hydrogen (secondary N) is 2. The molecule has 7 nitrogen and oxygen atoms in total. The molecule has 7 heteroatoms. The molecular formula is C18H19N5O2. The standard InChI is InChI=1S/C18H19N5O2/c1-25-10-15-6-14(9-20-15)23-18(24)17-7-16(21-11-22-17)13-4-2-3-12(5-13)8-19/h2-5,7,11,14-15,20H,6,9-10H2,1H3,(H,23,24)/t14-,15+/m1/s1. The first kappa shape index (κ1) is 17.0. The van der Waals surface area contributed by atoms with Gasteiger partial charge in [0.05, 0.1) is 23.9 Å². The Balaban J connectivity index is 1.71. The number of benzene rings is 1. The van der Waals surface area contributed by atoms with Gasteiger partial charge in [-0.25, -0.2) is 9.97 Å². The van der Waals surface area contributed by atoms with Crippen LogP contribution in [0.1, 0.15) is 22.5 Å². The molecule has 2 aromatic rings. The maximum absolute atomic E-state index is 12.5.